The van der Waals surface area contributed by atoms with Crippen LogP contribution < -0.4 is 21.7 Å². The van der Waals surface area contributed by atoms with Crippen molar-refractivity contribution in [2.45, 2.75) is 44.2 Å². The summed E-state index contributed by atoms with van der Waals surface area (Å²) in [5.74, 6) is -1.09. The lowest BCUT2D eigenvalue weighted by Gasteiger charge is -2.27. The fraction of sp³-hybridized carbons (Fsp3) is 0.396. The number of likely N-dealkylation sites (tertiary alicyclic amines) is 1. The van der Waals surface area contributed by atoms with E-state index in [9.17, 15) is 28.8 Å². The zero-order valence-electron chi connectivity index (χ0n) is 37.9. The summed E-state index contributed by atoms with van der Waals surface area (Å²) in [6.45, 7) is 4.40. The number of rotatable bonds is 24. The Balaban J connectivity index is 0.666. The van der Waals surface area contributed by atoms with Gasteiger partial charge < -0.3 is 45.0 Å². The number of anilines is 3. The number of nitrogens with one attached hydrogen (secondary N) is 3. The van der Waals surface area contributed by atoms with Crippen LogP contribution >= 0.6 is 0 Å². The van der Waals surface area contributed by atoms with Crippen LogP contribution in [0.1, 0.15) is 75.0 Å². The Kier molecular flexibility index (Phi) is 16.3. The topological polar surface area (TPSA) is 260 Å². The highest BCUT2D eigenvalue weighted by Gasteiger charge is 2.45. The second-order valence-corrected chi connectivity index (χ2v) is 16.3. The van der Waals surface area contributed by atoms with Gasteiger partial charge in [0.15, 0.2) is 0 Å². The van der Waals surface area contributed by atoms with Gasteiger partial charge in [-0.1, -0.05) is 24.3 Å². The van der Waals surface area contributed by atoms with E-state index in [-0.39, 0.29) is 54.9 Å². The number of carbonyl (C=O) groups excluding carboxylic acids is 6. The molecule has 0 radical (unpaired) electrons. The van der Waals surface area contributed by atoms with Crippen LogP contribution in [0.4, 0.5) is 17.3 Å². The minimum atomic E-state index is -1.03. The molecule has 2 aromatic carbocycles. The third-order valence-electron chi connectivity index (χ3n) is 11.8. The van der Waals surface area contributed by atoms with Crippen LogP contribution in [-0.4, -0.2) is 150 Å². The van der Waals surface area contributed by atoms with Crippen LogP contribution in [0.25, 0.3) is 16.8 Å². The van der Waals surface area contributed by atoms with Gasteiger partial charge in [0.1, 0.15) is 34.7 Å². The maximum absolute atomic E-state index is 13.5. The molecule has 8 rings (SSSR count). The van der Waals surface area contributed by atoms with Gasteiger partial charge in [-0.15, -0.1) is 0 Å². The third-order valence-corrected chi connectivity index (χ3v) is 11.8. The number of nitrogens with two attached hydrogens (primary N) is 1. The molecule has 1 unspecified atom stereocenters. The normalized spacial score (nSPS) is 16.9. The van der Waals surface area contributed by atoms with E-state index in [2.05, 4.69) is 25.9 Å². The number of hydrogen-bond donors (Lipinski definition) is 4. The Morgan fingerprint density at radius 3 is 2.16 bits per heavy atom. The van der Waals surface area contributed by atoms with E-state index in [0.717, 1.165) is 23.3 Å². The number of hydrogen-bond acceptors (Lipinski definition) is 16. The van der Waals surface area contributed by atoms with Crippen molar-refractivity contribution in [1.29, 1.82) is 0 Å². The quantitative estimate of drug-likeness (QED) is 0.0511. The first kappa shape index (κ1) is 48.3. The van der Waals surface area contributed by atoms with Crippen molar-refractivity contribution in [3.05, 3.63) is 102 Å². The summed E-state index contributed by atoms with van der Waals surface area (Å²) in [5.41, 5.74) is 9.71. The first-order valence-corrected chi connectivity index (χ1v) is 22.9. The fourth-order valence-electron chi connectivity index (χ4n) is 8.47. The van der Waals surface area contributed by atoms with E-state index in [1.165, 1.54) is 0 Å². The number of imide groups is 2. The zero-order chi connectivity index (χ0) is 48.1. The molecular formula is C48H54N10O11. The number of carbonyl (C=O) groups is 6. The molecule has 2 fully saturated rings. The van der Waals surface area contributed by atoms with Gasteiger partial charge in [0.2, 0.25) is 17.7 Å². The third kappa shape index (κ3) is 11.6. The van der Waals surface area contributed by atoms with Gasteiger partial charge in [-0.05, 0) is 55.7 Å². The van der Waals surface area contributed by atoms with E-state index < -0.39 is 29.7 Å². The largest absolute Gasteiger partial charge is 0.382 e. The van der Waals surface area contributed by atoms with Crippen molar-refractivity contribution in [3.63, 3.8) is 0 Å². The van der Waals surface area contributed by atoms with Gasteiger partial charge in [-0.3, -0.25) is 43.4 Å². The SMILES string of the molecule is Nc1nccn2c([C@@H]3CCCN3C(=O)CCOCCOCCOCCOCCOCCNc3cccc4c3C(=O)N(C3CCC(=O)NC3=O)C4=O)nc(-c3ccc(C(=O)Nc4ccccn4)cc3)c12. The van der Waals surface area contributed by atoms with Crippen molar-refractivity contribution in [3.8, 4) is 11.3 Å². The molecule has 3 aromatic heterocycles. The molecule has 69 heavy (non-hydrogen) atoms. The minimum absolute atomic E-state index is 0.0340. The number of ether oxygens (including phenoxy) is 5. The highest BCUT2D eigenvalue weighted by Crippen LogP contribution is 2.37. The predicted molar refractivity (Wildman–Crippen MR) is 249 cm³/mol. The highest BCUT2D eigenvalue weighted by atomic mass is 16.6. The van der Waals surface area contributed by atoms with Crippen molar-refractivity contribution in [2.75, 3.05) is 95.5 Å². The van der Waals surface area contributed by atoms with E-state index in [1.54, 1.807) is 67.1 Å². The number of nitrogens with zero attached hydrogens (tertiary/aromatic N) is 6. The van der Waals surface area contributed by atoms with E-state index in [0.29, 0.717) is 112 Å². The lowest BCUT2D eigenvalue weighted by atomic mass is 10.0. The standard InChI is InChI=1S/C48H54N10O11/c49-43-42-41(31-9-11-32(12-10-31)45(61)53-37-8-1-2-16-51-37)55-44(57(42)20-17-52-43)35-7-4-19-56(35)39(60)15-21-65-23-25-67-27-29-69-30-28-68-26-24-66-22-18-50-34-6-3-5-33-40(34)48(64)58(47(33)63)36-13-14-38(59)54-46(36)62/h1-3,5-6,8-12,16-17,20,35-36,50H,4,7,13-15,18-19,21-30H2,(H2,49,52)(H,51,53,61)(H,54,59,62)/t35-,36?/m0/s1. The van der Waals surface area contributed by atoms with Crippen LogP contribution in [0.3, 0.4) is 0 Å². The number of benzene rings is 2. The second-order valence-electron chi connectivity index (χ2n) is 16.3. The molecule has 6 amide bonds. The number of piperidine rings is 1. The summed E-state index contributed by atoms with van der Waals surface area (Å²) in [4.78, 5) is 92.8. The Labute approximate surface area is 397 Å². The molecule has 0 saturated carbocycles. The van der Waals surface area contributed by atoms with Gasteiger partial charge in [0.05, 0.1) is 89.7 Å². The fourth-order valence-corrected chi connectivity index (χ4v) is 8.47. The van der Waals surface area contributed by atoms with Crippen LogP contribution in [0.5, 0.6) is 0 Å². The molecule has 5 aromatic rings. The summed E-state index contributed by atoms with van der Waals surface area (Å²) < 4.78 is 30.0. The molecule has 3 aliphatic heterocycles. The smallest absolute Gasteiger partial charge is 0.264 e. The molecule has 0 bridgehead atoms. The van der Waals surface area contributed by atoms with Crippen molar-refractivity contribution < 1.29 is 52.5 Å². The molecule has 21 nitrogen and oxygen atoms in total. The van der Waals surface area contributed by atoms with E-state index in [4.69, 9.17) is 34.4 Å². The summed E-state index contributed by atoms with van der Waals surface area (Å²) in [7, 11) is 0. The summed E-state index contributed by atoms with van der Waals surface area (Å²) in [6, 6.07) is 16.0. The molecule has 362 valence electrons. The average molecular weight is 947 g/mol. The Morgan fingerprint density at radius 2 is 1.46 bits per heavy atom. The second kappa shape index (κ2) is 23.2. The molecule has 5 N–H and O–H groups in total. The molecule has 2 saturated heterocycles. The first-order chi connectivity index (χ1) is 33.7. The number of pyridine rings is 1. The highest BCUT2D eigenvalue weighted by molar-refractivity contribution is 6.25. The lowest BCUT2D eigenvalue weighted by molar-refractivity contribution is -0.136. The van der Waals surface area contributed by atoms with Gasteiger partial charge in [-0.2, -0.15) is 0 Å². The Bertz CT molecular complexity index is 2650. The van der Waals surface area contributed by atoms with Crippen LogP contribution in [-0.2, 0) is 38.1 Å². The number of imidazole rings is 1. The predicted octanol–water partition coefficient (Wildman–Crippen LogP) is 3.28. The Morgan fingerprint density at radius 1 is 0.754 bits per heavy atom. The van der Waals surface area contributed by atoms with Crippen molar-refractivity contribution >= 4 is 58.3 Å². The minimum Gasteiger partial charge on any atom is -0.382 e. The van der Waals surface area contributed by atoms with Gasteiger partial charge >= 0.3 is 0 Å². The first-order valence-electron chi connectivity index (χ1n) is 22.9. The summed E-state index contributed by atoms with van der Waals surface area (Å²) >= 11 is 0. The molecule has 21 heteroatoms. The lowest BCUT2D eigenvalue weighted by Crippen LogP contribution is -2.54. The number of nitrogen functional groups attached to an aromatic ring is 1. The van der Waals surface area contributed by atoms with Crippen molar-refractivity contribution in [1.82, 2.24) is 34.5 Å². The average Bonchev–Trinajstić information content (AvgIpc) is 4.07. The molecular weight excluding hydrogens is 893 g/mol. The van der Waals surface area contributed by atoms with E-state index in [1.807, 2.05) is 21.4 Å². The molecule has 2 atom stereocenters. The molecule has 6 heterocycles. The van der Waals surface area contributed by atoms with Gasteiger partial charge in [-0.25, -0.2) is 15.0 Å². The Hall–Kier alpha value is -7.17. The van der Waals surface area contributed by atoms with Crippen LogP contribution in [0, 0.1) is 0 Å². The number of aromatic nitrogens is 4. The summed E-state index contributed by atoms with van der Waals surface area (Å²) in [6.07, 6.45) is 6.93. The number of fused-ring (bicyclic) bond motifs is 2. The van der Waals surface area contributed by atoms with Crippen LogP contribution in [0.15, 0.2) is 79.3 Å². The maximum Gasteiger partial charge on any atom is 0.264 e. The summed E-state index contributed by atoms with van der Waals surface area (Å²) in [5, 5.41) is 8.12. The van der Waals surface area contributed by atoms with Crippen LogP contribution in [0.2, 0.25) is 0 Å². The maximum atomic E-state index is 13.5. The monoisotopic (exact) mass is 946 g/mol. The molecule has 0 spiro atoms. The number of amides is 6. The van der Waals surface area contributed by atoms with Gasteiger partial charge in [0, 0.05) is 54.9 Å². The van der Waals surface area contributed by atoms with E-state index >= 15 is 0 Å². The molecule has 3 aliphatic rings. The van der Waals surface area contributed by atoms with Gasteiger partial charge in [0.25, 0.3) is 17.7 Å². The van der Waals surface area contributed by atoms with Crippen molar-refractivity contribution in [2.24, 2.45) is 0 Å². The zero-order valence-corrected chi connectivity index (χ0v) is 37.9. The molecule has 0 aliphatic carbocycles.